The van der Waals surface area contributed by atoms with Gasteiger partial charge >= 0.3 is 0 Å². The minimum absolute atomic E-state index is 0.152. The van der Waals surface area contributed by atoms with Gasteiger partial charge in [0.25, 0.3) is 5.24 Å². The molecule has 0 aliphatic rings. The average molecular weight is 325 g/mol. The van der Waals surface area contributed by atoms with Gasteiger partial charge in [0.15, 0.2) is 11.3 Å². The number of benzene rings is 2. The lowest BCUT2D eigenvalue weighted by Crippen LogP contribution is -1.92. The van der Waals surface area contributed by atoms with Crippen LogP contribution in [0.5, 0.6) is 11.5 Å². The number of rotatable bonds is 3. The van der Waals surface area contributed by atoms with Crippen LogP contribution in [0, 0.1) is 5.82 Å². The summed E-state index contributed by atoms with van der Waals surface area (Å²) in [5.41, 5.74) is 0.595. The first-order valence-corrected chi connectivity index (χ1v) is 6.64. The average Bonchev–Trinajstić information content (AvgIpc) is 2.86. The van der Waals surface area contributed by atoms with Crippen molar-refractivity contribution in [3.63, 3.8) is 0 Å². The number of hydrogen-bond donors (Lipinski definition) is 0. The molecule has 0 saturated heterocycles. The summed E-state index contributed by atoms with van der Waals surface area (Å²) in [7, 11) is 0. The van der Waals surface area contributed by atoms with Crippen LogP contribution in [0.4, 0.5) is 4.39 Å². The summed E-state index contributed by atoms with van der Waals surface area (Å²) in [6.45, 7) is 0. The third-order valence-electron chi connectivity index (χ3n) is 2.86. The molecule has 3 nitrogen and oxygen atoms in total. The Bertz CT molecular complexity index is 842. The Morgan fingerprint density at radius 2 is 2.00 bits per heavy atom. The second-order valence-electron chi connectivity index (χ2n) is 4.26. The van der Waals surface area contributed by atoms with Crippen molar-refractivity contribution in [3.05, 3.63) is 59.1 Å². The second-order valence-corrected chi connectivity index (χ2v) is 5.01. The number of fused-ring (bicyclic) bond motifs is 1. The van der Waals surface area contributed by atoms with Gasteiger partial charge in [0, 0.05) is 17.5 Å². The third kappa shape index (κ3) is 2.73. The quantitative estimate of drug-likeness (QED) is 0.606. The van der Waals surface area contributed by atoms with Gasteiger partial charge in [-0.2, -0.15) is 0 Å². The molecule has 0 N–H and O–H groups in total. The van der Waals surface area contributed by atoms with Gasteiger partial charge in [0.2, 0.25) is 0 Å². The lowest BCUT2D eigenvalue weighted by Gasteiger charge is -2.08. The van der Waals surface area contributed by atoms with E-state index in [1.54, 1.807) is 6.07 Å². The van der Waals surface area contributed by atoms with Crippen LogP contribution in [0.25, 0.3) is 11.0 Å². The highest BCUT2D eigenvalue weighted by Gasteiger charge is 2.12. The predicted molar refractivity (Wildman–Crippen MR) is 77.9 cm³/mol. The number of carbonyl (C=O) groups is 1. The van der Waals surface area contributed by atoms with Crippen molar-refractivity contribution in [2.45, 2.75) is 0 Å². The zero-order chi connectivity index (χ0) is 15.0. The summed E-state index contributed by atoms with van der Waals surface area (Å²) in [6.07, 6.45) is 1.44. The fraction of sp³-hybridized carbons (Fsp3) is 0. The van der Waals surface area contributed by atoms with Crippen molar-refractivity contribution in [1.29, 1.82) is 0 Å². The second kappa shape index (κ2) is 5.39. The molecule has 106 valence electrons. The molecule has 0 saturated carbocycles. The first kappa shape index (κ1) is 13.9. The van der Waals surface area contributed by atoms with Crippen LogP contribution in [-0.2, 0) is 0 Å². The molecular formula is C15H7Cl2FO3. The van der Waals surface area contributed by atoms with E-state index >= 15 is 0 Å². The number of ether oxygens (including phenoxy) is 1. The van der Waals surface area contributed by atoms with E-state index in [1.165, 1.54) is 36.6 Å². The Balaban J connectivity index is 2.00. The zero-order valence-corrected chi connectivity index (χ0v) is 11.9. The number of furan rings is 1. The molecule has 3 aromatic rings. The monoisotopic (exact) mass is 324 g/mol. The van der Waals surface area contributed by atoms with Gasteiger partial charge in [-0.1, -0.05) is 11.6 Å². The Kier molecular flexibility index (Phi) is 3.57. The Labute approximate surface area is 128 Å². The first-order chi connectivity index (χ1) is 10.0. The van der Waals surface area contributed by atoms with Gasteiger partial charge in [0.1, 0.15) is 11.6 Å². The SMILES string of the molecule is O=C(Cl)c1ccc(Oc2cc(F)cc3ccoc23)cc1Cl. The Morgan fingerprint density at radius 1 is 1.19 bits per heavy atom. The highest BCUT2D eigenvalue weighted by molar-refractivity contribution is 6.68. The number of carbonyl (C=O) groups excluding carboxylic acids is 1. The van der Waals surface area contributed by atoms with E-state index in [-0.39, 0.29) is 16.3 Å². The molecule has 6 heteroatoms. The predicted octanol–water partition coefficient (Wildman–Crippen LogP) is 5.40. The molecule has 0 aliphatic heterocycles. The summed E-state index contributed by atoms with van der Waals surface area (Å²) in [5.74, 6) is 0.110. The lowest BCUT2D eigenvalue weighted by molar-refractivity contribution is 0.108. The molecule has 0 fully saturated rings. The van der Waals surface area contributed by atoms with Gasteiger partial charge in [0.05, 0.1) is 16.8 Å². The molecule has 1 heterocycles. The van der Waals surface area contributed by atoms with E-state index in [4.69, 9.17) is 32.4 Å². The molecule has 0 amide bonds. The minimum atomic E-state index is -0.661. The summed E-state index contributed by atoms with van der Waals surface area (Å²) < 4.78 is 24.4. The normalized spacial score (nSPS) is 10.8. The van der Waals surface area contributed by atoms with Gasteiger partial charge in [-0.05, 0) is 35.9 Å². The molecular weight excluding hydrogens is 318 g/mol. The van der Waals surface area contributed by atoms with Gasteiger partial charge in [-0.15, -0.1) is 0 Å². The summed E-state index contributed by atoms with van der Waals surface area (Å²) in [4.78, 5) is 11.1. The van der Waals surface area contributed by atoms with Crippen molar-refractivity contribution in [2.75, 3.05) is 0 Å². The molecule has 2 aromatic carbocycles. The summed E-state index contributed by atoms with van der Waals surface area (Å²) in [5, 5.41) is 0.0778. The fourth-order valence-corrected chi connectivity index (χ4v) is 2.41. The van der Waals surface area contributed by atoms with Crippen LogP contribution in [0.1, 0.15) is 10.4 Å². The van der Waals surface area contributed by atoms with Crippen LogP contribution in [0.2, 0.25) is 5.02 Å². The van der Waals surface area contributed by atoms with Crippen LogP contribution in [0.3, 0.4) is 0 Å². The first-order valence-electron chi connectivity index (χ1n) is 5.88. The topological polar surface area (TPSA) is 39.4 Å². The number of hydrogen-bond acceptors (Lipinski definition) is 3. The summed E-state index contributed by atoms with van der Waals surface area (Å²) in [6, 6.07) is 8.56. The molecule has 3 rings (SSSR count). The standard InChI is InChI=1S/C15H7Cl2FO3/c16-12-7-10(1-2-11(12)15(17)19)21-13-6-9(18)5-8-3-4-20-14(8)13/h1-7H. The van der Waals surface area contributed by atoms with Crippen molar-refractivity contribution in [1.82, 2.24) is 0 Å². The van der Waals surface area contributed by atoms with Crippen LogP contribution in [0.15, 0.2) is 47.1 Å². The van der Waals surface area contributed by atoms with E-state index in [9.17, 15) is 9.18 Å². The molecule has 1 aromatic heterocycles. The van der Waals surface area contributed by atoms with Gasteiger partial charge < -0.3 is 9.15 Å². The maximum absolute atomic E-state index is 13.5. The van der Waals surface area contributed by atoms with E-state index in [0.29, 0.717) is 16.7 Å². The van der Waals surface area contributed by atoms with Crippen molar-refractivity contribution in [2.24, 2.45) is 0 Å². The molecule has 0 unspecified atom stereocenters. The smallest absolute Gasteiger partial charge is 0.253 e. The number of halogens is 3. The maximum Gasteiger partial charge on any atom is 0.253 e. The molecule has 0 aliphatic carbocycles. The highest BCUT2D eigenvalue weighted by Crippen LogP contribution is 2.33. The lowest BCUT2D eigenvalue weighted by atomic mass is 10.2. The maximum atomic E-state index is 13.5. The van der Waals surface area contributed by atoms with Gasteiger partial charge in [-0.3, -0.25) is 4.79 Å². The van der Waals surface area contributed by atoms with Crippen molar-refractivity contribution in [3.8, 4) is 11.5 Å². The third-order valence-corrected chi connectivity index (χ3v) is 3.38. The molecule has 0 bridgehead atoms. The van der Waals surface area contributed by atoms with E-state index in [2.05, 4.69) is 0 Å². The fourth-order valence-electron chi connectivity index (χ4n) is 1.94. The minimum Gasteiger partial charge on any atom is -0.460 e. The molecule has 21 heavy (non-hydrogen) atoms. The largest absolute Gasteiger partial charge is 0.460 e. The molecule has 0 radical (unpaired) electrons. The van der Waals surface area contributed by atoms with E-state index in [1.807, 2.05) is 0 Å². The van der Waals surface area contributed by atoms with E-state index < -0.39 is 11.1 Å². The zero-order valence-electron chi connectivity index (χ0n) is 10.4. The molecule has 0 atom stereocenters. The Hall–Kier alpha value is -2.04. The van der Waals surface area contributed by atoms with Crippen LogP contribution in [-0.4, -0.2) is 5.24 Å². The summed E-state index contributed by atoms with van der Waals surface area (Å²) >= 11 is 11.3. The molecule has 0 spiro atoms. The van der Waals surface area contributed by atoms with Crippen LogP contribution < -0.4 is 4.74 Å². The van der Waals surface area contributed by atoms with Crippen molar-refractivity contribution >= 4 is 39.4 Å². The Morgan fingerprint density at radius 3 is 2.71 bits per heavy atom. The highest BCUT2D eigenvalue weighted by atomic mass is 35.5. The van der Waals surface area contributed by atoms with Crippen molar-refractivity contribution < 1.29 is 18.3 Å². The van der Waals surface area contributed by atoms with E-state index in [0.717, 1.165) is 0 Å². The van der Waals surface area contributed by atoms with Gasteiger partial charge in [-0.25, -0.2) is 4.39 Å². The van der Waals surface area contributed by atoms with Crippen LogP contribution >= 0.6 is 23.2 Å².